The Kier molecular flexibility index (Phi) is 4.87. The molecule has 5 nitrogen and oxygen atoms in total. The first-order valence-corrected chi connectivity index (χ1v) is 9.12. The first-order valence-electron chi connectivity index (χ1n) is 9.12. The van der Waals surface area contributed by atoms with Crippen LogP contribution >= 0.6 is 0 Å². The second-order valence-electron chi connectivity index (χ2n) is 6.62. The van der Waals surface area contributed by atoms with Crippen molar-refractivity contribution in [2.45, 2.75) is 6.42 Å². The van der Waals surface area contributed by atoms with Gasteiger partial charge in [0.2, 0.25) is 0 Å². The van der Waals surface area contributed by atoms with Crippen molar-refractivity contribution in [1.82, 2.24) is 15.1 Å². The van der Waals surface area contributed by atoms with Gasteiger partial charge in [0.1, 0.15) is 5.82 Å². The van der Waals surface area contributed by atoms with Crippen LogP contribution in [0.4, 0.5) is 10.2 Å². The molecule has 1 saturated heterocycles. The number of nitrogens with zero attached hydrogens (tertiary/aromatic N) is 3. The lowest BCUT2D eigenvalue weighted by molar-refractivity contribution is 0.0762. The van der Waals surface area contributed by atoms with Crippen LogP contribution in [0.25, 0.3) is 11.3 Å². The molecule has 0 bridgehead atoms. The lowest BCUT2D eigenvalue weighted by Crippen LogP contribution is -2.35. The standard InChI is InChI=1S/C21H21FN4O/c22-18-10-5-4-9-17(18)21(27)26-12-6-11-25(13-14-26)20-15-19(23-24-20)16-7-2-1-3-8-16/h1-5,7-10,15H,6,11-14H2,(H,23,24). The molecule has 1 fully saturated rings. The number of hydrogen-bond acceptors (Lipinski definition) is 3. The van der Waals surface area contributed by atoms with Crippen molar-refractivity contribution < 1.29 is 9.18 Å². The van der Waals surface area contributed by atoms with E-state index < -0.39 is 5.82 Å². The summed E-state index contributed by atoms with van der Waals surface area (Å²) >= 11 is 0. The van der Waals surface area contributed by atoms with Crippen molar-refractivity contribution in [2.75, 3.05) is 31.1 Å². The lowest BCUT2D eigenvalue weighted by atomic mass is 10.1. The molecule has 2 aromatic carbocycles. The van der Waals surface area contributed by atoms with Crippen LogP contribution in [-0.4, -0.2) is 47.2 Å². The predicted molar refractivity (Wildman–Crippen MR) is 103 cm³/mol. The van der Waals surface area contributed by atoms with Gasteiger partial charge < -0.3 is 9.80 Å². The summed E-state index contributed by atoms with van der Waals surface area (Å²) in [6, 6.07) is 18.2. The Morgan fingerprint density at radius 1 is 0.963 bits per heavy atom. The number of anilines is 1. The second kappa shape index (κ2) is 7.61. The highest BCUT2D eigenvalue weighted by atomic mass is 19.1. The largest absolute Gasteiger partial charge is 0.353 e. The van der Waals surface area contributed by atoms with Gasteiger partial charge in [0, 0.05) is 32.2 Å². The van der Waals surface area contributed by atoms with Crippen LogP contribution in [0.2, 0.25) is 0 Å². The summed E-state index contributed by atoms with van der Waals surface area (Å²) in [6.45, 7) is 2.62. The third-order valence-electron chi connectivity index (χ3n) is 4.86. The molecule has 1 aromatic heterocycles. The first-order chi connectivity index (χ1) is 13.2. The van der Waals surface area contributed by atoms with Crippen LogP contribution in [-0.2, 0) is 0 Å². The molecule has 2 heterocycles. The van der Waals surface area contributed by atoms with Crippen LogP contribution in [0.15, 0.2) is 60.7 Å². The van der Waals surface area contributed by atoms with Crippen LogP contribution in [0.3, 0.4) is 0 Å². The van der Waals surface area contributed by atoms with E-state index in [1.807, 2.05) is 36.4 Å². The van der Waals surface area contributed by atoms with Gasteiger partial charge in [0.25, 0.3) is 5.91 Å². The number of carbonyl (C=O) groups is 1. The summed E-state index contributed by atoms with van der Waals surface area (Å²) in [4.78, 5) is 16.5. The minimum absolute atomic E-state index is 0.136. The fourth-order valence-electron chi connectivity index (χ4n) is 3.39. The van der Waals surface area contributed by atoms with E-state index in [1.165, 1.54) is 6.07 Å². The maximum atomic E-state index is 13.9. The zero-order valence-electron chi connectivity index (χ0n) is 14.9. The Labute approximate surface area is 157 Å². The van der Waals surface area contributed by atoms with Gasteiger partial charge in [0.05, 0.1) is 11.3 Å². The number of nitrogens with one attached hydrogen (secondary N) is 1. The number of H-pyrrole nitrogens is 1. The van der Waals surface area contributed by atoms with E-state index in [1.54, 1.807) is 23.1 Å². The van der Waals surface area contributed by atoms with Crippen LogP contribution in [0.5, 0.6) is 0 Å². The normalized spacial score (nSPS) is 14.9. The molecule has 0 spiro atoms. The summed E-state index contributed by atoms with van der Waals surface area (Å²) in [5, 5.41) is 7.52. The van der Waals surface area contributed by atoms with Gasteiger partial charge in [0.15, 0.2) is 5.82 Å². The summed E-state index contributed by atoms with van der Waals surface area (Å²) < 4.78 is 13.9. The lowest BCUT2D eigenvalue weighted by Gasteiger charge is -2.22. The smallest absolute Gasteiger partial charge is 0.256 e. The second-order valence-corrected chi connectivity index (χ2v) is 6.62. The van der Waals surface area contributed by atoms with Crippen LogP contribution in [0.1, 0.15) is 16.8 Å². The molecular weight excluding hydrogens is 343 g/mol. The predicted octanol–water partition coefficient (Wildman–Crippen LogP) is 3.57. The van der Waals surface area contributed by atoms with E-state index in [2.05, 4.69) is 15.1 Å². The average Bonchev–Trinajstić information content (AvgIpc) is 3.07. The van der Waals surface area contributed by atoms with Crippen molar-refractivity contribution >= 4 is 11.7 Å². The highest BCUT2D eigenvalue weighted by Crippen LogP contribution is 2.23. The van der Waals surface area contributed by atoms with Gasteiger partial charge in [-0.05, 0) is 24.1 Å². The number of rotatable bonds is 3. The molecule has 1 N–H and O–H groups in total. The maximum absolute atomic E-state index is 13.9. The van der Waals surface area contributed by atoms with Gasteiger partial charge in [-0.3, -0.25) is 9.89 Å². The minimum atomic E-state index is -0.469. The number of benzene rings is 2. The maximum Gasteiger partial charge on any atom is 0.256 e. The summed E-state index contributed by atoms with van der Waals surface area (Å²) in [7, 11) is 0. The third kappa shape index (κ3) is 3.69. The van der Waals surface area contributed by atoms with Gasteiger partial charge in [-0.2, -0.15) is 5.10 Å². The summed E-state index contributed by atoms with van der Waals surface area (Å²) in [5.74, 6) is 0.152. The molecule has 138 valence electrons. The molecule has 0 unspecified atom stereocenters. The average molecular weight is 364 g/mol. The Morgan fingerprint density at radius 3 is 2.56 bits per heavy atom. The van der Waals surface area contributed by atoms with Crippen LogP contribution < -0.4 is 4.90 Å². The Hall–Kier alpha value is -3.15. The molecule has 1 aliphatic heterocycles. The van der Waals surface area contributed by atoms with Crippen molar-refractivity contribution in [3.05, 3.63) is 72.0 Å². The van der Waals surface area contributed by atoms with Crippen LogP contribution in [0, 0.1) is 5.82 Å². The zero-order chi connectivity index (χ0) is 18.6. The zero-order valence-corrected chi connectivity index (χ0v) is 14.9. The van der Waals surface area contributed by atoms with Gasteiger partial charge in [-0.25, -0.2) is 4.39 Å². The minimum Gasteiger partial charge on any atom is -0.353 e. The number of aromatic nitrogens is 2. The molecule has 4 rings (SSSR count). The summed E-state index contributed by atoms with van der Waals surface area (Å²) in [5.41, 5.74) is 2.19. The molecule has 0 saturated carbocycles. The third-order valence-corrected chi connectivity index (χ3v) is 4.86. The Balaban J connectivity index is 1.45. The van der Waals surface area contributed by atoms with Gasteiger partial charge in [-0.1, -0.05) is 42.5 Å². The molecule has 0 radical (unpaired) electrons. The SMILES string of the molecule is O=C(c1ccccc1F)N1CCCN(c2cc(-c3ccccc3)[nH]n2)CC1. The number of carbonyl (C=O) groups excluding carboxylic acids is 1. The highest BCUT2D eigenvalue weighted by Gasteiger charge is 2.23. The monoisotopic (exact) mass is 364 g/mol. The molecule has 0 atom stereocenters. The van der Waals surface area contributed by atoms with Gasteiger partial charge in [-0.15, -0.1) is 0 Å². The van der Waals surface area contributed by atoms with E-state index in [4.69, 9.17) is 0 Å². The van der Waals surface area contributed by atoms with Crippen molar-refractivity contribution in [3.63, 3.8) is 0 Å². The Bertz CT molecular complexity index is 925. The van der Waals surface area contributed by atoms with E-state index in [0.29, 0.717) is 19.6 Å². The number of aromatic amines is 1. The van der Waals surface area contributed by atoms with Crippen molar-refractivity contribution in [1.29, 1.82) is 0 Å². The van der Waals surface area contributed by atoms with Crippen molar-refractivity contribution in [3.8, 4) is 11.3 Å². The van der Waals surface area contributed by atoms with E-state index >= 15 is 0 Å². The molecular formula is C21H21FN4O. The quantitative estimate of drug-likeness (QED) is 0.773. The highest BCUT2D eigenvalue weighted by molar-refractivity contribution is 5.94. The topological polar surface area (TPSA) is 52.2 Å². The number of halogens is 1. The van der Waals surface area contributed by atoms with Gasteiger partial charge >= 0.3 is 0 Å². The number of amides is 1. The molecule has 6 heteroatoms. The molecule has 1 amide bonds. The molecule has 1 aliphatic rings. The van der Waals surface area contributed by atoms with E-state index in [9.17, 15) is 9.18 Å². The first kappa shape index (κ1) is 17.3. The number of hydrogen-bond donors (Lipinski definition) is 1. The van der Waals surface area contributed by atoms with Crippen molar-refractivity contribution in [2.24, 2.45) is 0 Å². The molecule has 3 aromatic rings. The fraction of sp³-hybridized carbons (Fsp3) is 0.238. The fourth-order valence-corrected chi connectivity index (χ4v) is 3.39. The van der Waals surface area contributed by atoms with E-state index in [-0.39, 0.29) is 11.5 Å². The summed E-state index contributed by atoms with van der Waals surface area (Å²) in [6.07, 6.45) is 0.813. The van der Waals surface area contributed by atoms with E-state index in [0.717, 1.165) is 30.0 Å². The molecule has 27 heavy (non-hydrogen) atoms. The Morgan fingerprint density at radius 2 is 1.74 bits per heavy atom. The molecule has 0 aliphatic carbocycles.